The Morgan fingerprint density at radius 2 is 1.64 bits per heavy atom. The summed E-state index contributed by atoms with van der Waals surface area (Å²) in [5.74, 6) is 0. The Morgan fingerprint density at radius 3 is 2.09 bits per heavy atom. The molecule has 0 N–H and O–H groups in total. The van der Waals surface area contributed by atoms with Crippen molar-refractivity contribution in [1.82, 2.24) is 0 Å². The summed E-state index contributed by atoms with van der Waals surface area (Å²) in [7, 11) is 0. The van der Waals surface area contributed by atoms with Crippen molar-refractivity contribution >= 4 is 11.8 Å². The molecule has 2 heteroatoms. The van der Waals surface area contributed by atoms with Crippen LogP contribution in [0, 0.1) is 5.25 Å². The Bertz CT molecular complexity index is 184. The van der Waals surface area contributed by atoms with Gasteiger partial charge in [0.1, 0.15) is 0 Å². The van der Waals surface area contributed by atoms with Gasteiger partial charge in [-0.15, -0.1) is 0 Å². The minimum absolute atomic E-state index is 0. The molecule has 0 spiro atoms. The molecule has 0 unspecified atom stereocenters. The zero-order chi connectivity index (χ0) is 7.40. The molecule has 0 aliphatic carbocycles. The van der Waals surface area contributed by atoms with Gasteiger partial charge in [-0.1, -0.05) is 30.3 Å². The third-order valence-electron chi connectivity index (χ3n) is 1.07. The monoisotopic (exact) mass is 158 g/mol. The van der Waals surface area contributed by atoms with E-state index in [0.717, 1.165) is 0 Å². The van der Waals surface area contributed by atoms with E-state index in [1.165, 1.54) is 10.1 Å². The summed E-state index contributed by atoms with van der Waals surface area (Å²) < 4.78 is 0. The van der Waals surface area contributed by atoms with Crippen LogP contribution in [-0.4, -0.2) is 0 Å². The fraction of sp³-hybridized carbons (Fsp3) is 0.222. The molecule has 1 aromatic rings. The van der Waals surface area contributed by atoms with Gasteiger partial charge in [-0.2, -0.15) is 13.8 Å². The first-order chi connectivity index (χ1) is 4.79. The van der Waals surface area contributed by atoms with E-state index < -0.39 is 0 Å². The van der Waals surface area contributed by atoms with E-state index in [4.69, 9.17) is 0 Å². The predicted molar refractivity (Wildman–Crippen MR) is 46.9 cm³/mol. The maximum atomic E-state index is 2.12. The molecule has 0 saturated heterocycles. The Kier molecular flexibility index (Phi) is 5.86. The van der Waals surface area contributed by atoms with Gasteiger partial charge in [-0.3, -0.25) is 5.25 Å². The second-order valence-corrected chi connectivity index (χ2v) is 3.82. The Balaban J connectivity index is 0.000001000. The van der Waals surface area contributed by atoms with Crippen LogP contribution in [-0.2, 0) is 0 Å². The second kappa shape index (κ2) is 5.77. The molecule has 0 radical (unpaired) electrons. The van der Waals surface area contributed by atoms with Crippen molar-refractivity contribution in [3.05, 3.63) is 35.6 Å². The molecule has 0 heterocycles. The Morgan fingerprint density at radius 1 is 1.09 bits per heavy atom. The van der Waals surface area contributed by atoms with Gasteiger partial charge in [-0.05, 0) is 4.90 Å². The van der Waals surface area contributed by atoms with Gasteiger partial charge in [0.15, 0.2) is 0 Å². The topological polar surface area (TPSA) is 0 Å². The van der Waals surface area contributed by atoms with Crippen molar-refractivity contribution in [2.45, 2.75) is 18.7 Å². The third kappa shape index (κ3) is 4.58. The first-order valence-corrected chi connectivity index (χ1v) is 4.14. The van der Waals surface area contributed by atoms with Crippen molar-refractivity contribution in [3.63, 3.8) is 0 Å². The van der Waals surface area contributed by atoms with Crippen LogP contribution >= 0.6 is 11.8 Å². The van der Waals surface area contributed by atoms with Crippen molar-refractivity contribution in [2.75, 3.05) is 0 Å². The van der Waals surface area contributed by atoms with Crippen LogP contribution in [0.25, 0.3) is 0 Å². The first-order valence-electron chi connectivity index (χ1n) is 3.32. The van der Waals surface area contributed by atoms with Crippen LogP contribution in [0.2, 0.25) is 0 Å². The van der Waals surface area contributed by atoms with Gasteiger partial charge < -0.3 is 11.8 Å². The van der Waals surface area contributed by atoms with E-state index in [0.29, 0.717) is 0 Å². The summed E-state index contributed by atoms with van der Waals surface area (Å²) in [4.78, 5) is 1.32. The van der Waals surface area contributed by atoms with Crippen LogP contribution in [0.15, 0.2) is 35.2 Å². The molecule has 0 atom stereocenters. The molecule has 0 fully saturated rings. The molecule has 0 aliphatic heterocycles. The number of benzene rings is 1. The first kappa shape index (κ1) is 11.2. The van der Waals surface area contributed by atoms with Gasteiger partial charge in [-0.25, -0.2) is 0 Å². The van der Waals surface area contributed by atoms with Crippen molar-refractivity contribution in [2.24, 2.45) is 0 Å². The van der Waals surface area contributed by atoms with Crippen LogP contribution in [0.4, 0.5) is 0 Å². The second-order valence-electron chi connectivity index (χ2n) is 2.32. The van der Waals surface area contributed by atoms with Crippen molar-refractivity contribution < 1.29 is 18.9 Å². The molecule has 0 aromatic heterocycles. The zero-order valence-corrected chi connectivity index (χ0v) is 8.11. The smallest absolute Gasteiger partial charge is 0.314 e. The molecule has 0 amide bonds. The fourth-order valence-corrected chi connectivity index (χ4v) is 1.49. The van der Waals surface area contributed by atoms with E-state index in [1.807, 2.05) is 17.8 Å². The van der Waals surface area contributed by atoms with E-state index in [-0.39, 0.29) is 18.9 Å². The quantitative estimate of drug-likeness (QED) is 0.340. The van der Waals surface area contributed by atoms with E-state index >= 15 is 0 Å². The van der Waals surface area contributed by atoms with Crippen LogP contribution in [0.1, 0.15) is 13.8 Å². The Hall–Kier alpha value is 0.167. The van der Waals surface area contributed by atoms with Gasteiger partial charge in [0, 0.05) is 0 Å². The van der Waals surface area contributed by atoms with E-state index in [9.17, 15) is 0 Å². The SMILES string of the molecule is C[C-](C)Sc1ccccc1.[Li+]. The molecular weight excluding hydrogens is 147 g/mol. The zero-order valence-electron chi connectivity index (χ0n) is 7.29. The third-order valence-corrected chi connectivity index (χ3v) is 1.98. The van der Waals surface area contributed by atoms with Crippen LogP contribution in [0.3, 0.4) is 0 Å². The number of thioether (sulfide) groups is 1. The number of rotatable bonds is 2. The summed E-state index contributed by atoms with van der Waals surface area (Å²) in [6, 6.07) is 10.4. The van der Waals surface area contributed by atoms with Gasteiger partial charge in [0.2, 0.25) is 0 Å². The molecule has 0 bridgehead atoms. The average molecular weight is 158 g/mol. The largest absolute Gasteiger partial charge is 1.00 e. The normalized spacial score (nSPS) is 9.36. The summed E-state index contributed by atoms with van der Waals surface area (Å²) in [6.45, 7) is 4.25. The van der Waals surface area contributed by atoms with Gasteiger partial charge in [0.05, 0.1) is 0 Å². The predicted octanol–water partition coefficient (Wildman–Crippen LogP) is 0.354. The molecule has 0 saturated carbocycles. The molecule has 0 aliphatic rings. The molecular formula is C9H11LiS. The minimum Gasteiger partial charge on any atom is -0.314 e. The average Bonchev–Trinajstić information content (AvgIpc) is 1.88. The Labute approximate surface area is 84.9 Å². The maximum Gasteiger partial charge on any atom is 1.00 e. The molecule has 1 aromatic carbocycles. The van der Waals surface area contributed by atoms with Crippen LogP contribution < -0.4 is 18.9 Å². The maximum absolute atomic E-state index is 2.12. The summed E-state index contributed by atoms with van der Waals surface area (Å²) in [5, 5.41) is 1.38. The number of hydrogen-bond acceptors (Lipinski definition) is 1. The number of hydrogen-bond donors (Lipinski definition) is 0. The standard InChI is InChI=1S/C9H11S.Li/c1-8(2)10-9-6-4-3-5-7-9;/h3-7H,1-2H3;/q-1;+1. The molecule has 1 rings (SSSR count). The van der Waals surface area contributed by atoms with Crippen molar-refractivity contribution in [1.29, 1.82) is 0 Å². The van der Waals surface area contributed by atoms with Crippen molar-refractivity contribution in [3.8, 4) is 0 Å². The summed E-state index contributed by atoms with van der Waals surface area (Å²) in [5.41, 5.74) is 0. The van der Waals surface area contributed by atoms with E-state index in [2.05, 4.69) is 38.1 Å². The van der Waals surface area contributed by atoms with Gasteiger partial charge >= 0.3 is 18.9 Å². The van der Waals surface area contributed by atoms with Crippen LogP contribution in [0.5, 0.6) is 0 Å². The summed E-state index contributed by atoms with van der Waals surface area (Å²) >= 11 is 1.82. The van der Waals surface area contributed by atoms with E-state index in [1.54, 1.807) is 0 Å². The molecule has 0 nitrogen and oxygen atoms in total. The summed E-state index contributed by atoms with van der Waals surface area (Å²) in [6.07, 6.45) is 0. The molecule has 11 heavy (non-hydrogen) atoms. The fourth-order valence-electron chi connectivity index (χ4n) is 0.724. The molecule has 54 valence electrons. The minimum atomic E-state index is 0. The van der Waals surface area contributed by atoms with Gasteiger partial charge in [0.25, 0.3) is 0 Å².